The van der Waals surface area contributed by atoms with E-state index in [1.54, 1.807) is 17.0 Å². The SMILES string of the molecule is O=C1CN(Cc2c(F)ccc(Br)c2F)c2ccccc2N1. The molecule has 0 spiro atoms. The van der Waals surface area contributed by atoms with Crippen molar-refractivity contribution in [3.8, 4) is 0 Å². The summed E-state index contributed by atoms with van der Waals surface area (Å²) in [5.74, 6) is -1.47. The Morgan fingerprint density at radius 3 is 2.76 bits per heavy atom. The summed E-state index contributed by atoms with van der Waals surface area (Å²) in [4.78, 5) is 13.4. The van der Waals surface area contributed by atoms with Gasteiger partial charge in [-0.3, -0.25) is 4.79 Å². The fourth-order valence-corrected chi connectivity index (χ4v) is 2.72. The number of anilines is 2. The first kappa shape index (κ1) is 14.0. The van der Waals surface area contributed by atoms with Gasteiger partial charge < -0.3 is 10.2 Å². The minimum absolute atomic E-state index is 0.0124. The van der Waals surface area contributed by atoms with E-state index in [2.05, 4.69) is 21.2 Å². The van der Waals surface area contributed by atoms with Crippen LogP contribution in [0.3, 0.4) is 0 Å². The number of carbonyl (C=O) groups is 1. The zero-order valence-electron chi connectivity index (χ0n) is 10.9. The molecule has 2 aromatic carbocycles. The molecule has 6 heteroatoms. The number of carbonyl (C=O) groups excluding carboxylic acids is 1. The summed E-state index contributed by atoms with van der Waals surface area (Å²) in [5, 5.41) is 2.74. The highest BCUT2D eigenvalue weighted by atomic mass is 79.9. The van der Waals surface area contributed by atoms with E-state index in [1.807, 2.05) is 12.1 Å². The Kier molecular flexibility index (Phi) is 3.63. The van der Waals surface area contributed by atoms with Gasteiger partial charge in [-0.25, -0.2) is 8.78 Å². The molecule has 3 rings (SSSR count). The van der Waals surface area contributed by atoms with Crippen molar-refractivity contribution in [2.45, 2.75) is 6.54 Å². The number of halogens is 3. The van der Waals surface area contributed by atoms with Crippen LogP contribution in [0.5, 0.6) is 0 Å². The van der Waals surface area contributed by atoms with Crippen LogP contribution in [-0.2, 0) is 11.3 Å². The lowest BCUT2D eigenvalue weighted by atomic mass is 10.1. The van der Waals surface area contributed by atoms with E-state index in [0.29, 0.717) is 5.69 Å². The monoisotopic (exact) mass is 352 g/mol. The van der Waals surface area contributed by atoms with Gasteiger partial charge in [0.05, 0.1) is 22.4 Å². The average Bonchev–Trinajstić information content (AvgIpc) is 2.47. The van der Waals surface area contributed by atoms with E-state index in [-0.39, 0.29) is 29.0 Å². The highest BCUT2D eigenvalue weighted by molar-refractivity contribution is 9.10. The van der Waals surface area contributed by atoms with E-state index in [0.717, 1.165) is 5.69 Å². The predicted octanol–water partition coefficient (Wildman–Crippen LogP) is 3.69. The second-order valence-corrected chi connectivity index (χ2v) is 5.60. The third-order valence-corrected chi connectivity index (χ3v) is 3.95. The van der Waals surface area contributed by atoms with Crippen LogP contribution in [0.2, 0.25) is 0 Å². The zero-order valence-corrected chi connectivity index (χ0v) is 12.5. The summed E-state index contributed by atoms with van der Waals surface area (Å²) in [6.45, 7) is 0.0456. The second kappa shape index (κ2) is 5.44. The molecule has 1 aliphatic rings. The van der Waals surface area contributed by atoms with Gasteiger partial charge in [0.2, 0.25) is 5.91 Å². The van der Waals surface area contributed by atoms with Gasteiger partial charge in [-0.2, -0.15) is 0 Å². The van der Waals surface area contributed by atoms with E-state index in [9.17, 15) is 13.6 Å². The van der Waals surface area contributed by atoms with Crippen LogP contribution in [0.1, 0.15) is 5.56 Å². The lowest BCUT2D eigenvalue weighted by Crippen LogP contribution is -2.38. The number of nitrogens with zero attached hydrogens (tertiary/aromatic N) is 1. The molecule has 0 fully saturated rings. The van der Waals surface area contributed by atoms with Crippen LogP contribution >= 0.6 is 15.9 Å². The number of hydrogen-bond acceptors (Lipinski definition) is 2. The Morgan fingerprint density at radius 1 is 1.19 bits per heavy atom. The molecule has 1 heterocycles. The summed E-state index contributed by atoms with van der Waals surface area (Å²) < 4.78 is 28.1. The molecule has 1 aliphatic heterocycles. The van der Waals surface area contributed by atoms with Gasteiger partial charge >= 0.3 is 0 Å². The van der Waals surface area contributed by atoms with Crippen molar-refractivity contribution in [1.82, 2.24) is 0 Å². The first-order valence-corrected chi connectivity index (χ1v) is 7.12. The molecule has 21 heavy (non-hydrogen) atoms. The molecule has 1 N–H and O–H groups in total. The Bertz CT molecular complexity index is 721. The molecule has 0 bridgehead atoms. The molecule has 108 valence electrons. The standard InChI is InChI=1S/C15H11BrF2N2O/c16-10-5-6-11(17)9(15(10)18)7-20-8-14(21)19-12-3-1-2-4-13(12)20/h1-6H,7-8H2,(H,19,21). The largest absolute Gasteiger partial charge is 0.356 e. The van der Waals surface area contributed by atoms with Crippen molar-refractivity contribution in [3.05, 3.63) is 58.1 Å². The van der Waals surface area contributed by atoms with E-state index >= 15 is 0 Å². The molecule has 0 saturated heterocycles. The van der Waals surface area contributed by atoms with Gasteiger partial charge in [-0.05, 0) is 40.2 Å². The molecule has 3 nitrogen and oxygen atoms in total. The molecule has 1 amide bonds. The van der Waals surface area contributed by atoms with Crippen LogP contribution in [0, 0.1) is 11.6 Å². The van der Waals surface area contributed by atoms with E-state index in [4.69, 9.17) is 0 Å². The number of amides is 1. The van der Waals surface area contributed by atoms with Gasteiger partial charge in [0.1, 0.15) is 11.6 Å². The minimum Gasteiger partial charge on any atom is -0.356 e. The van der Waals surface area contributed by atoms with Crippen molar-refractivity contribution in [2.24, 2.45) is 0 Å². The maximum atomic E-state index is 14.1. The van der Waals surface area contributed by atoms with Crippen LogP contribution in [0.25, 0.3) is 0 Å². The van der Waals surface area contributed by atoms with Gasteiger partial charge in [-0.15, -0.1) is 0 Å². The molecule has 0 saturated carbocycles. The van der Waals surface area contributed by atoms with Crippen LogP contribution in [0.15, 0.2) is 40.9 Å². The Labute approximate surface area is 128 Å². The van der Waals surface area contributed by atoms with Gasteiger partial charge in [0.15, 0.2) is 0 Å². The molecule has 0 aliphatic carbocycles. The summed E-state index contributed by atoms with van der Waals surface area (Å²) >= 11 is 3.05. The third kappa shape index (κ3) is 2.63. The molecule has 0 radical (unpaired) electrons. The smallest absolute Gasteiger partial charge is 0.243 e. The first-order valence-electron chi connectivity index (χ1n) is 6.32. The lowest BCUT2D eigenvalue weighted by molar-refractivity contribution is -0.115. The summed E-state index contributed by atoms with van der Waals surface area (Å²) in [5.41, 5.74) is 1.33. The predicted molar refractivity (Wildman–Crippen MR) is 80.2 cm³/mol. The van der Waals surface area contributed by atoms with Crippen molar-refractivity contribution < 1.29 is 13.6 Å². The maximum Gasteiger partial charge on any atom is 0.243 e. The maximum absolute atomic E-state index is 14.1. The number of nitrogens with one attached hydrogen (secondary N) is 1. The fourth-order valence-electron chi connectivity index (χ4n) is 2.35. The normalized spacial score (nSPS) is 13.9. The van der Waals surface area contributed by atoms with Crippen LogP contribution in [-0.4, -0.2) is 12.5 Å². The summed E-state index contributed by atoms with van der Waals surface area (Å²) in [7, 11) is 0. The molecular formula is C15H11BrF2N2O. The van der Waals surface area contributed by atoms with E-state index in [1.165, 1.54) is 12.1 Å². The van der Waals surface area contributed by atoms with Crippen molar-refractivity contribution >= 4 is 33.2 Å². The molecule has 0 aromatic heterocycles. The van der Waals surface area contributed by atoms with Crippen molar-refractivity contribution in [3.63, 3.8) is 0 Å². The first-order chi connectivity index (χ1) is 10.1. The average molecular weight is 353 g/mol. The second-order valence-electron chi connectivity index (χ2n) is 4.74. The Hall–Kier alpha value is -1.95. The molecule has 0 unspecified atom stereocenters. The fraction of sp³-hybridized carbons (Fsp3) is 0.133. The lowest BCUT2D eigenvalue weighted by Gasteiger charge is -2.31. The molecule has 0 atom stereocenters. The zero-order chi connectivity index (χ0) is 15.0. The summed E-state index contributed by atoms with van der Waals surface area (Å²) in [6, 6.07) is 9.71. The Morgan fingerprint density at radius 2 is 1.95 bits per heavy atom. The molecular weight excluding hydrogens is 342 g/mol. The number of fused-ring (bicyclic) bond motifs is 1. The van der Waals surface area contributed by atoms with Crippen LogP contribution < -0.4 is 10.2 Å². The minimum atomic E-state index is -0.640. The number of para-hydroxylation sites is 2. The van der Waals surface area contributed by atoms with Crippen molar-refractivity contribution in [1.29, 1.82) is 0 Å². The van der Waals surface area contributed by atoms with Gasteiger partial charge in [-0.1, -0.05) is 12.1 Å². The molecule has 2 aromatic rings. The third-order valence-electron chi connectivity index (χ3n) is 3.34. The van der Waals surface area contributed by atoms with E-state index < -0.39 is 11.6 Å². The summed E-state index contributed by atoms with van der Waals surface area (Å²) in [6.07, 6.45) is 0. The Balaban J connectivity index is 2.00. The van der Waals surface area contributed by atoms with Gasteiger partial charge in [0.25, 0.3) is 0 Å². The number of benzene rings is 2. The highest BCUT2D eigenvalue weighted by Crippen LogP contribution is 2.31. The van der Waals surface area contributed by atoms with Crippen LogP contribution in [0.4, 0.5) is 20.2 Å². The highest BCUT2D eigenvalue weighted by Gasteiger charge is 2.24. The van der Waals surface area contributed by atoms with Crippen molar-refractivity contribution in [2.75, 3.05) is 16.8 Å². The number of rotatable bonds is 2. The topological polar surface area (TPSA) is 32.3 Å². The van der Waals surface area contributed by atoms with Gasteiger partial charge in [0, 0.05) is 12.1 Å². The quantitative estimate of drug-likeness (QED) is 0.836. The number of hydrogen-bond donors (Lipinski definition) is 1.